The number of halogens is 1. The number of rotatable bonds is 7. The molecule has 0 radical (unpaired) electrons. The van der Waals surface area contributed by atoms with Gasteiger partial charge in [0.2, 0.25) is 0 Å². The summed E-state index contributed by atoms with van der Waals surface area (Å²) in [6.45, 7) is 5.58. The first-order chi connectivity index (χ1) is 8.54. The quantitative estimate of drug-likeness (QED) is 0.620. The van der Waals surface area contributed by atoms with E-state index in [1.165, 1.54) is 6.92 Å². The van der Waals surface area contributed by atoms with Gasteiger partial charge in [-0.2, -0.15) is 0 Å². The van der Waals surface area contributed by atoms with Gasteiger partial charge in [-0.3, -0.25) is 4.79 Å². The summed E-state index contributed by atoms with van der Waals surface area (Å²) < 4.78 is 6.42. The predicted molar refractivity (Wildman–Crippen MR) is 74.7 cm³/mol. The van der Waals surface area contributed by atoms with E-state index in [1.807, 2.05) is 6.07 Å². The zero-order valence-electron chi connectivity index (χ0n) is 10.4. The zero-order chi connectivity index (χ0) is 13.5. The summed E-state index contributed by atoms with van der Waals surface area (Å²) in [5, 5.41) is 10.0. The van der Waals surface area contributed by atoms with Crippen molar-refractivity contribution in [2.24, 2.45) is 0 Å². The lowest BCUT2D eigenvalue weighted by Gasteiger charge is -2.15. The second kappa shape index (κ2) is 7.34. The second-order valence-electron chi connectivity index (χ2n) is 4.03. The van der Waals surface area contributed by atoms with Crippen LogP contribution in [-0.2, 0) is 4.79 Å². The molecule has 0 aliphatic heterocycles. The predicted octanol–water partition coefficient (Wildman–Crippen LogP) is 3.42. The minimum Gasteiger partial charge on any atom is -0.493 e. The van der Waals surface area contributed by atoms with Gasteiger partial charge < -0.3 is 9.84 Å². The van der Waals surface area contributed by atoms with Crippen LogP contribution in [0, 0.1) is 0 Å². The van der Waals surface area contributed by atoms with Gasteiger partial charge in [-0.1, -0.05) is 22.0 Å². The fraction of sp³-hybridized carbons (Fsp3) is 0.357. The molecule has 0 spiro atoms. The third-order valence-corrected chi connectivity index (χ3v) is 2.88. The molecule has 1 unspecified atom stereocenters. The summed E-state index contributed by atoms with van der Waals surface area (Å²) in [4.78, 5) is 11.1. The van der Waals surface area contributed by atoms with Gasteiger partial charge in [0.25, 0.3) is 0 Å². The van der Waals surface area contributed by atoms with Crippen LogP contribution < -0.4 is 4.74 Å². The van der Waals surface area contributed by atoms with E-state index in [2.05, 4.69) is 22.5 Å². The Morgan fingerprint density at radius 3 is 2.94 bits per heavy atom. The van der Waals surface area contributed by atoms with Crippen LogP contribution in [0.4, 0.5) is 0 Å². The lowest BCUT2D eigenvalue weighted by molar-refractivity contribution is -0.118. The number of aliphatic hydroxyl groups excluding tert-OH is 1. The molecule has 0 aromatic heterocycles. The monoisotopic (exact) mass is 312 g/mol. The Morgan fingerprint density at radius 1 is 1.61 bits per heavy atom. The van der Waals surface area contributed by atoms with Gasteiger partial charge in [0.05, 0.1) is 12.7 Å². The number of aliphatic hydroxyl groups is 1. The molecule has 0 fully saturated rings. The molecule has 0 saturated heterocycles. The summed E-state index contributed by atoms with van der Waals surface area (Å²) >= 11 is 3.34. The third-order valence-electron chi connectivity index (χ3n) is 2.39. The summed E-state index contributed by atoms with van der Waals surface area (Å²) in [6.07, 6.45) is 1.76. The fourth-order valence-corrected chi connectivity index (χ4v) is 1.92. The molecule has 1 atom stereocenters. The van der Waals surface area contributed by atoms with Crippen molar-refractivity contribution in [2.45, 2.75) is 25.9 Å². The molecule has 0 amide bonds. The van der Waals surface area contributed by atoms with Gasteiger partial charge in [0.15, 0.2) is 0 Å². The summed E-state index contributed by atoms with van der Waals surface area (Å²) in [7, 11) is 0. The van der Waals surface area contributed by atoms with Crippen molar-refractivity contribution in [1.29, 1.82) is 0 Å². The highest BCUT2D eigenvalue weighted by Crippen LogP contribution is 2.30. The molecule has 1 aromatic carbocycles. The van der Waals surface area contributed by atoms with Crippen LogP contribution >= 0.6 is 15.9 Å². The second-order valence-corrected chi connectivity index (χ2v) is 4.95. The molecule has 1 aromatic rings. The molecule has 0 aliphatic rings. The summed E-state index contributed by atoms with van der Waals surface area (Å²) in [6, 6.07) is 5.40. The molecule has 3 nitrogen and oxygen atoms in total. The Hall–Kier alpha value is -1.13. The highest BCUT2D eigenvalue weighted by atomic mass is 79.9. The van der Waals surface area contributed by atoms with Crippen molar-refractivity contribution in [3.63, 3.8) is 0 Å². The van der Waals surface area contributed by atoms with Gasteiger partial charge in [-0.25, -0.2) is 0 Å². The van der Waals surface area contributed by atoms with Crippen LogP contribution in [0.2, 0.25) is 0 Å². The Kier molecular flexibility index (Phi) is 6.09. The first-order valence-electron chi connectivity index (χ1n) is 5.75. The smallest absolute Gasteiger partial charge is 0.132 e. The van der Waals surface area contributed by atoms with Crippen LogP contribution in [0.25, 0.3) is 0 Å². The third kappa shape index (κ3) is 4.63. The van der Waals surface area contributed by atoms with Crippen molar-refractivity contribution in [3.8, 4) is 5.75 Å². The van der Waals surface area contributed by atoms with Crippen molar-refractivity contribution in [1.82, 2.24) is 0 Å². The maximum absolute atomic E-state index is 11.1. The maximum atomic E-state index is 11.1. The van der Waals surface area contributed by atoms with Crippen LogP contribution in [0.3, 0.4) is 0 Å². The number of hydrogen-bond acceptors (Lipinski definition) is 3. The molecule has 1 N–H and O–H groups in total. The molecule has 0 saturated carbocycles. The Balaban J connectivity index is 2.88. The first-order valence-corrected chi connectivity index (χ1v) is 6.54. The number of ketones is 1. The number of ether oxygens (including phenoxy) is 1. The Labute approximate surface area is 116 Å². The van der Waals surface area contributed by atoms with Crippen LogP contribution in [0.1, 0.15) is 31.4 Å². The van der Waals surface area contributed by atoms with Gasteiger partial charge in [0, 0.05) is 16.5 Å². The first kappa shape index (κ1) is 14.9. The molecule has 98 valence electrons. The molecular formula is C14H17BrO3. The number of carbonyl (C=O) groups is 1. The van der Waals surface area contributed by atoms with Gasteiger partial charge in [0.1, 0.15) is 11.5 Å². The van der Waals surface area contributed by atoms with Gasteiger partial charge >= 0.3 is 0 Å². The van der Waals surface area contributed by atoms with E-state index in [4.69, 9.17) is 4.74 Å². The number of hydrogen-bond donors (Lipinski definition) is 1. The molecule has 1 rings (SSSR count). The lowest BCUT2D eigenvalue weighted by atomic mass is 10.0. The maximum Gasteiger partial charge on any atom is 0.132 e. The van der Waals surface area contributed by atoms with Crippen LogP contribution in [0.5, 0.6) is 5.75 Å². The number of Topliss-reactive ketones (excluding diaryl/α,β-unsaturated/α-hetero) is 1. The van der Waals surface area contributed by atoms with E-state index in [1.54, 1.807) is 18.2 Å². The SMILES string of the molecule is C=CCCOc1ccc(Br)cc1C(O)CC(C)=O. The van der Waals surface area contributed by atoms with E-state index >= 15 is 0 Å². The summed E-state index contributed by atoms with van der Waals surface area (Å²) in [5.41, 5.74) is 0.628. The van der Waals surface area contributed by atoms with Gasteiger partial charge in [-0.15, -0.1) is 6.58 Å². The minimum atomic E-state index is -0.835. The zero-order valence-corrected chi connectivity index (χ0v) is 11.9. The molecule has 18 heavy (non-hydrogen) atoms. The number of carbonyl (C=O) groups excluding carboxylic acids is 1. The Bertz CT molecular complexity index is 429. The normalized spacial score (nSPS) is 11.9. The van der Waals surface area contributed by atoms with Crippen molar-refractivity contribution >= 4 is 21.7 Å². The van der Waals surface area contributed by atoms with Crippen molar-refractivity contribution in [3.05, 3.63) is 40.9 Å². The van der Waals surface area contributed by atoms with E-state index in [9.17, 15) is 9.90 Å². The molecule has 4 heteroatoms. The van der Waals surface area contributed by atoms with Crippen molar-refractivity contribution in [2.75, 3.05) is 6.61 Å². The molecule has 0 heterocycles. The van der Waals surface area contributed by atoms with Crippen LogP contribution in [-0.4, -0.2) is 17.5 Å². The average Bonchev–Trinajstić information content (AvgIpc) is 2.30. The lowest BCUT2D eigenvalue weighted by Crippen LogP contribution is -2.07. The highest BCUT2D eigenvalue weighted by Gasteiger charge is 2.15. The van der Waals surface area contributed by atoms with Crippen LogP contribution in [0.15, 0.2) is 35.3 Å². The van der Waals surface area contributed by atoms with E-state index in [-0.39, 0.29) is 12.2 Å². The average molecular weight is 313 g/mol. The topological polar surface area (TPSA) is 46.5 Å². The molecule has 0 bridgehead atoms. The fourth-order valence-electron chi connectivity index (χ4n) is 1.55. The van der Waals surface area contributed by atoms with E-state index < -0.39 is 6.10 Å². The Morgan fingerprint density at radius 2 is 2.33 bits per heavy atom. The standard InChI is InChI=1S/C14H17BrO3/c1-3-4-7-18-14-6-5-11(15)9-12(14)13(17)8-10(2)16/h3,5-6,9,13,17H,1,4,7-8H2,2H3. The van der Waals surface area contributed by atoms with E-state index in [0.717, 1.165) is 10.9 Å². The minimum absolute atomic E-state index is 0.0560. The highest BCUT2D eigenvalue weighted by molar-refractivity contribution is 9.10. The molecule has 0 aliphatic carbocycles. The largest absolute Gasteiger partial charge is 0.493 e. The van der Waals surface area contributed by atoms with Crippen molar-refractivity contribution < 1.29 is 14.6 Å². The van der Waals surface area contributed by atoms with E-state index in [0.29, 0.717) is 17.9 Å². The van der Waals surface area contributed by atoms with Gasteiger partial charge in [-0.05, 0) is 31.5 Å². The number of benzene rings is 1. The molecular weight excluding hydrogens is 296 g/mol. The summed E-state index contributed by atoms with van der Waals surface area (Å²) in [5.74, 6) is 0.549.